The Hall–Kier alpha value is -2.93. The molecule has 2 aromatic rings. The normalized spacial score (nSPS) is 17.9. The van der Waals surface area contributed by atoms with E-state index in [4.69, 9.17) is 5.73 Å². The predicted octanol–water partition coefficient (Wildman–Crippen LogP) is 0.652. The van der Waals surface area contributed by atoms with Crippen molar-refractivity contribution in [2.75, 3.05) is 6.54 Å². The van der Waals surface area contributed by atoms with Gasteiger partial charge in [0, 0.05) is 42.7 Å². The standard InChI is InChI=1S/C16H17N5O2/c1-2-19-10-12(9-18-16(19)17)7-8-13-11-20(22)14-5-3-4-6-15(14)21(13)23/h3-11,16H,2,17H2,1H3. The lowest BCUT2D eigenvalue weighted by Gasteiger charge is -2.26. The Balaban J connectivity index is 1.96. The van der Waals surface area contributed by atoms with Crippen molar-refractivity contribution < 1.29 is 9.46 Å². The van der Waals surface area contributed by atoms with Crippen LogP contribution in [0.3, 0.4) is 0 Å². The molecule has 1 unspecified atom stereocenters. The summed E-state index contributed by atoms with van der Waals surface area (Å²) in [5.74, 6) is 0. The van der Waals surface area contributed by atoms with Gasteiger partial charge in [0.1, 0.15) is 0 Å². The smallest absolute Gasteiger partial charge is 0.290 e. The van der Waals surface area contributed by atoms with Gasteiger partial charge in [0.25, 0.3) is 22.9 Å². The third-order valence-electron chi connectivity index (χ3n) is 3.66. The van der Waals surface area contributed by atoms with Crippen molar-refractivity contribution in [3.63, 3.8) is 0 Å². The number of allylic oxidation sites excluding steroid dienone is 2. The van der Waals surface area contributed by atoms with E-state index in [9.17, 15) is 10.4 Å². The first-order valence-electron chi connectivity index (χ1n) is 7.29. The second kappa shape index (κ2) is 6.05. The number of rotatable bonds is 3. The van der Waals surface area contributed by atoms with Crippen molar-refractivity contribution in [3.05, 3.63) is 64.4 Å². The lowest BCUT2D eigenvalue weighted by Crippen LogP contribution is -2.40. The number of benzene rings is 1. The van der Waals surface area contributed by atoms with E-state index >= 15 is 0 Å². The first-order chi connectivity index (χ1) is 11.1. The molecule has 0 radical (unpaired) electrons. The Labute approximate surface area is 133 Å². The fourth-order valence-corrected chi connectivity index (χ4v) is 2.41. The SMILES string of the molecule is CCN1C=C(C=Cc2c[n+]([O-])c3ccccc3[n+]2[O-])C=NC1N. The van der Waals surface area contributed by atoms with Crippen LogP contribution in [0.4, 0.5) is 0 Å². The van der Waals surface area contributed by atoms with Gasteiger partial charge in [-0.05, 0) is 13.0 Å². The highest BCUT2D eigenvalue weighted by molar-refractivity contribution is 5.84. The molecule has 0 spiro atoms. The molecular weight excluding hydrogens is 294 g/mol. The molecule has 3 rings (SSSR count). The summed E-state index contributed by atoms with van der Waals surface area (Å²) in [6, 6.07) is 6.67. The van der Waals surface area contributed by atoms with E-state index in [-0.39, 0.29) is 12.0 Å². The first kappa shape index (κ1) is 15.0. The monoisotopic (exact) mass is 311 g/mol. The van der Waals surface area contributed by atoms with Crippen LogP contribution in [0.5, 0.6) is 0 Å². The lowest BCUT2D eigenvalue weighted by atomic mass is 10.2. The molecule has 1 aliphatic heterocycles. The van der Waals surface area contributed by atoms with Gasteiger partial charge in [0.05, 0.1) is 0 Å². The zero-order chi connectivity index (χ0) is 16.4. The molecule has 0 aliphatic carbocycles. The van der Waals surface area contributed by atoms with E-state index in [0.717, 1.165) is 16.8 Å². The fourth-order valence-electron chi connectivity index (χ4n) is 2.41. The Bertz CT molecular complexity index is 829. The zero-order valence-corrected chi connectivity index (χ0v) is 12.7. The van der Waals surface area contributed by atoms with Crippen LogP contribution in [0.2, 0.25) is 0 Å². The Morgan fingerprint density at radius 1 is 1.26 bits per heavy atom. The molecule has 7 nitrogen and oxygen atoms in total. The van der Waals surface area contributed by atoms with Crippen LogP contribution in [0, 0.1) is 10.4 Å². The minimum atomic E-state index is -0.383. The van der Waals surface area contributed by atoms with Gasteiger partial charge in [-0.3, -0.25) is 10.7 Å². The minimum absolute atomic E-state index is 0.255. The molecule has 0 amide bonds. The lowest BCUT2D eigenvalue weighted by molar-refractivity contribution is -0.630. The highest BCUT2D eigenvalue weighted by atomic mass is 16.5. The van der Waals surface area contributed by atoms with Gasteiger partial charge in [-0.15, -0.1) is 0 Å². The molecule has 7 heteroatoms. The number of hydrogen-bond acceptors (Lipinski definition) is 5. The number of para-hydroxylation sites is 2. The molecule has 1 atom stereocenters. The minimum Gasteiger partial charge on any atom is -0.618 e. The van der Waals surface area contributed by atoms with Gasteiger partial charge in [-0.2, -0.15) is 9.46 Å². The third-order valence-corrected chi connectivity index (χ3v) is 3.66. The topological polar surface area (TPSA) is 95.5 Å². The van der Waals surface area contributed by atoms with Gasteiger partial charge < -0.3 is 15.3 Å². The van der Waals surface area contributed by atoms with Crippen LogP contribution in [0.25, 0.3) is 17.1 Å². The summed E-state index contributed by atoms with van der Waals surface area (Å²) in [6.07, 6.45) is 7.72. The van der Waals surface area contributed by atoms with Crippen LogP contribution in [-0.2, 0) is 0 Å². The maximum atomic E-state index is 12.4. The second-order valence-electron chi connectivity index (χ2n) is 5.15. The quantitative estimate of drug-likeness (QED) is 0.665. The van der Waals surface area contributed by atoms with Gasteiger partial charge >= 0.3 is 0 Å². The summed E-state index contributed by atoms with van der Waals surface area (Å²) in [7, 11) is 0. The van der Waals surface area contributed by atoms with E-state index in [1.807, 2.05) is 18.0 Å². The van der Waals surface area contributed by atoms with Crippen molar-refractivity contribution >= 4 is 23.3 Å². The predicted molar refractivity (Wildman–Crippen MR) is 87.8 cm³/mol. The average molecular weight is 311 g/mol. The van der Waals surface area contributed by atoms with E-state index < -0.39 is 0 Å². The van der Waals surface area contributed by atoms with Crippen molar-refractivity contribution in [1.82, 2.24) is 4.90 Å². The molecular formula is C16H17N5O2. The number of nitrogens with zero attached hydrogens (tertiary/aromatic N) is 4. The molecule has 1 aromatic carbocycles. The van der Waals surface area contributed by atoms with E-state index in [1.165, 1.54) is 6.20 Å². The van der Waals surface area contributed by atoms with Crippen LogP contribution >= 0.6 is 0 Å². The molecule has 0 saturated carbocycles. The summed E-state index contributed by atoms with van der Waals surface area (Å²) in [5.41, 5.74) is 7.55. The maximum Gasteiger partial charge on any atom is 0.290 e. The van der Waals surface area contributed by atoms with Crippen LogP contribution in [-0.4, -0.2) is 23.9 Å². The summed E-state index contributed by atoms with van der Waals surface area (Å²) in [5, 5.41) is 24.4. The van der Waals surface area contributed by atoms with Crippen LogP contribution in [0.1, 0.15) is 12.6 Å². The van der Waals surface area contributed by atoms with E-state index in [1.54, 1.807) is 42.6 Å². The van der Waals surface area contributed by atoms with Crippen LogP contribution in [0.15, 0.2) is 53.3 Å². The Kier molecular flexibility index (Phi) is 3.94. The van der Waals surface area contributed by atoms with Crippen molar-refractivity contribution in [3.8, 4) is 0 Å². The second-order valence-corrected chi connectivity index (χ2v) is 5.15. The van der Waals surface area contributed by atoms with Crippen molar-refractivity contribution in [2.45, 2.75) is 13.2 Å². The number of fused-ring (bicyclic) bond motifs is 1. The molecule has 1 aliphatic rings. The Morgan fingerprint density at radius 3 is 2.74 bits per heavy atom. The highest BCUT2D eigenvalue weighted by Gasteiger charge is 2.17. The van der Waals surface area contributed by atoms with E-state index in [2.05, 4.69) is 4.99 Å². The summed E-state index contributed by atoms with van der Waals surface area (Å²) < 4.78 is 1.44. The fraction of sp³-hybridized carbons (Fsp3) is 0.188. The molecule has 23 heavy (non-hydrogen) atoms. The molecule has 118 valence electrons. The van der Waals surface area contributed by atoms with E-state index in [0.29, 0.717) is 15.8 Å². The molecule has 1 aromatic heterocycles. The van der Waals surface area contributed by atoms with Crippen molar-refractivity contribution in [2.24, 2.45) is 10.7 Å². The number of aliphatic imine (C=N–C) groups is 1. The summed E-state index contributed by atoms with van der Waals surface area (Å²) in [4.78, 5) is 6.05. The molecule has 0 bridgehead atoms. The number of hydrogen-bond donors (Lipinski definition) is 1. The van der Waals surface area contributed by atoms with Gasteiger partial charge in [0.2, 0.25) is 0 Å². The van der Waals surface area contributed by atoms with Gasteiger partial charge in [-0.1, -0.05) is 12.1 Å². The molecule has 2 heterocycles. The van der Waals surface area contributed by atoms with Gasteiger partial charge in [0.15, 0.2) is 6.29 Å². The zero-order valence-electron chi connectivity index (χ0n) is 12.7. The summed E-state index contributed by atoms with van der Waals surface area (Å²) >= 11 is 0. The number of nitrogens with two attached hydrogens (primary N) is 1. The molecule has 0 fully saturated rings. The maximum absolute atomic E-state index is 12.4. The first-order valence-corrected chi connectivity index (χ1v) is 7.29. The van der Waals surface area contributed by atoms with Crippen molar-refractivity contribution in [1.29, 1.82) is 0 Å². The Morgan fingerprint density at radius 2 is 2.00 bits per heavy atom. The number of aromatic nitrogens is 2. The largest absolute Gasteiger partial charge is 0.618 e. The van der Waals surface area contributed by atoms with Gasteiger partial charge in [-0.25, -0.2) is 0 Å². The average Bonchev–Trinajstić information content (AvgIpc) is 2.58. The molecule has 0 saturated heterocycles. The summed E-state index contributed by atoms with van der Waals surface area (Å²) in [6.45, 7) is 2.71. The highest BCUT2D eigenvalue weighted by Crippen LogP contribution is 2.10. The molecule has 2 N–H and O–H groups in total. The van der Waals surface area contributed by atoms with Crippen LogP contribution < -0.4 is 15.2 Å². The third kappa shape index (κ3) is 2.86.